The van der Waals surface area contributed by atoms with Crippen LogP contribution in [0.5, 0.6) is 0 Å². The van der Waals surface area contributed by atoms with Crippen molar-refractivity contribution in [2.75, 3.05) is 18.1 Å². The van der Waals surface area contributed by atoms with Gasteiger partial charge in [0.15, 0.2) is 4.34 Å². The number of carbonyl (C=O) groups is 1. The van der Waals surface area contributed by atoms with Crippen LogP contribution in [0.1, 0.15) is 10.9 Å². The van der Waals surface area contributed by atoms with E-state index in [1.165, 1.54) is 4.70 Å². The summed E-state index contributed by atoms with van der Waals surface area (Å²) >= 11 is 11.3. The molecule has 8 heteroatoms. The molecule has 0 spiro atoms. The lowest BCUT2D eigenvalue weighted by Crippen LogP contribution is -2.42. The molecule has 4 nitrogen and oxygen atoms in total. The van der Waals surface area contributed by atoms with E-state index >= 15 is 0 Å². The Morgan fingerprint density at radius 3 is 2.88 bits per heavy atom. The predicted molar refractivity (Wildman–Crippen MR) is 112 cm³/mol. The van der Waals surface area contributed by atoms with E-state index in [0.717, 1.165) is 21.2 Å². The summed E-state index contributed by atoms with van der Waals surface area (Å²) in [7, 11) is 0. The van der Waals surface area contributed by atoms with Gasteiger partial charge in [0.1, 0.15) is 5.37 Å². The van der Waals surface area contributed by atoms with Gasteiger partial charge in [0.2, 0.25) is 5.91 Å². The van der Waals surface area contributed by atoms with Crippen molar-refractivity contribution in [3.05, 3.63) is 59.1 Å². The highest BCUT2D eigenvalue weighted by atomic mass is 35.5. The van der Waals surface area contributed by atoms with Crippen molar-refractivity contribution in [2.45, 2.75) is 9.71 Å². The number of para-hydroxylation sites is 1. The zero-order valence-electron chi connectivity index (χ0n) is 13.7. The summed E-state index contributed by atoms with van der Waals surface area (Å²) in [6, 6.07) is 15.8. The van der Waals surface area contributed by atoms with Crippen LogP contribution in [0.2, 0.25) is 5.02 Å². The van der Waals surface area contributed by atoms with Gasteiger partial charge in [-0.05, 0) is 18.2 Å². The molecule has 1 N–H and O–H groups in total. The minimum absolute atomic E-state index is 0.0800. The van der Waals surface area contributed by atoms with Gasteiger partial charge in [-0.25, -0.2) is 10.4 Å². The smallest absolute Gasteiger partial charge is 0.248 e. The molecular formula is C18H16ClN3OS3. The number of thiazole rings is 1. The van der Waals surface area contributed by atoms with Gasteiger partial charge in [-0.15, -0.1) is 23.1 Å². The summed E-state index contributed by atoms with van der Waals surface area (Å²) in [5.74, 6) is 1.39. The Morgan fingerprint density at radius 2 is 2.04 bits per heavy atom. The fourth-order valence-corrected chi connectivity index (χ4v) is 6.17. The van der Waals surface area contributed by atoms with Crippen LogP contribution < -0.4 is 5.43 Å². The topological polar surface area (TPSA) is 45.2 Å². The minimum Gasteiger partial charge on any atom is -0.272 e. The van der Waals surface area contributed by atoms with E-state index in [9.17, 15) is 4.79 Å². The lowest BCUT2D eigenvalue weighted by Gasteiger charge is -2.25. The van der Waals surface area contributed by atoms with E-state index in [1.807, 2.05) is 42.5 Å². The van der Waals surface area contributed by atoms with Crippen LogP contribution in [0.25, 0.3) is 10.2 Å². The first kappa shape index (κ1) is 18.1. The first-order chi connectivity index (χ1) is 12.7. The Bertz CT molecular complexity index is 900. The molecule has 134 valence electrons. The third-order valence-corrected chi connectivity index (χ3v) is 7.64. The second-order valence-electron chi connectivity index (χ2n) is 5.65. The van der Waals surface area contributed by atoms with Crippen molar-refractivity contribution < 1.29 is 4.79 Å². The first-order valence-corrected chi connectivity index (χ1v) is 11.4. The molecule has 2 aromatic carbocycles. The van der Waals surface area contributed by atoms with Crippen molar-refractivity contribution >= 4 is 62.6 Å². The van der Waals surface area contributed by atoms with Crippen LogP contribution in [-0.4, -0.2) is 34.0 Å². The second-order valence-corrected chi connectivity index (χ2v) is 9.50. The van der Waals surface area contributed by atoms with E-state index in [4.69, 9.17) is 11.6 Å². The maximum absolute atomic E-state index is 12.2. The highest BCUT2D eigenvalue weighted by Crippen LogP contribution is 2.40. The Balaban J connectivity index is 1.35. The molecule has 1 fully saturated rings. The van der Waals surface area contributed by atoms with Crippen LogP contribution in [0.3, 0.4) is 0 Å². The normalized spacial score (nSPS) is 17.3. The highest BCUT2D eigenvalue weighted by Gasteiger charge is 2.33. The van der Waals surface area contributed by atoms with Crippen LogP contribution >= 0.6 is 46.5 Å². The number of nitrogens with zero attached hydrogens (tertiary/aromatic N) is 2. The number of aromatic nitrogens is 1. The van der Waals surface area contributed by atoms with E-state index < -0.39 is 0 Å². The molecule has 1 aromatic heterocycles. The fourth-order valence-electron chi connectivity index (χ4n) is 2.72. The average molecular weight is 422 g/mol. The second kappa shape index (κ2) is 8.19. The van der Waals surface area contributed by atoms with E-state index in [-0.39, 0.29) is 11.3 Å². The van der Waals surface area contributed by atoms with E-state index in [0.29, 0.717) is 17.3 Å². The van der Waals surface area contributed by atoms with Crippen LogP contribution in [0.4, 0.5) is 0 Å². The number of rotatable bonds is 6. The summed E-state index contributed by atoms with van der Waals surface area (Å²) in [5.41, 5.74) is 5.28. The van der Waals surface area contributed by atoms with Crippen molar-refractivity contribution in [1.29, 1.82) is 0 Å². The number of benzene rings is 2. The Labute approximate surface area is 169 Å². The van der Waals surface area contributed by atoms with Crippen molar-refractivity contribution in [3.63, 3.8) is 0 Å². The molecule has 1 unspecified atom stereocenters. The largest absolute Gasteiger partial charge is 0.272 e. The molecular weight excluding hydrogens is 406 g/mol. The number of halogens is 1. The molecule has 4 rings (SSSR count). The maximum Gasteiger partial charge on any atom is 0.248 e. The van der Waals surface area contributed by atoms with Crippen LogP contribution in [0, 0.1) is 0 Å². The molecule has 1 saturated heterocycles. The zero-order chi connectivity index (χ0) is 17.9. The monoisotopic (exact) mass is 421 g/mol. The molecule has 26 heavy (non-hydrogen) atoms. The standard InChI is InChI=1S/C18H16ClN3OS3/c19-13-6-2-1-5-12(13)17-22(16(23)11-25-17)20-9-10-24-18-21-14-7-3-4-8-15(14)26-18/h1-8,17,20H,9-11H2. The molecule has 0 aliphatic carbocycles. The van der Waals surface area contributed by atoms with Crippen molar-refractivity contribution in [1.82, 2.24) is 15.4 Å². The Kier molecular flexibility index (Phi) is 5.71. The molecule has 0 radical (unpaired) electrons. The van der Waals surface area contributed by atoms with Crippen molar-refractivity contribution in [3.8, 4) is 0 Å². The maximum atomic E-state index is 12.2. The summed E-state index contributed by atoms with van der Waals surface area (Å²) < 4.78 is 2.26. The van der Waals surface area contributed by atoms with Gasteiger partial charge in [-0.1, -0.05) is 53.7 Å². The predicted octanol–water partition coefficient (Wildman–Crippen LogP) is 4.82. The first-order valence-electron chi connectivity index (χ1n) is 8.12. The fraction of sp³-hybridized carbons (Fsp3) is 0.222. The SMILES string of the molecule is O=C1CSC(c2ccccc2Cl)N1NCCSc1nc2ccccc2s1. The molecule has 0 saturated carbocycles. The number of amides is 1. The molecule has 1 atom stereocenters. The van der Waals surface area contributed by atoms with E-state index in [2.05, 4.69) is 16.5 Å². The van der Waals surface area contributed by atoms with Gasteiger partial charge in [0, 0.05) is 22.9 Å². The van der Waals surface area contributed by atoms with Gasteiger partial charge in [-0.3, -0.25) is 9.80 Å². The van der Waals surface area contributed by atoms with Gasteiger partial charge < -0.3 is 0 Å². The quantitative estimate of drug-likeness (QED) is 0.456. The van der Waals surface area contributed by atoms with E-state index in [1.54, 1.807) is 39.9 Å². The molecule has 3 aromatic rings. The van der Waals surface area contributed by atoms with Gasteiger partial charge >= 0.3 is 0 Å². The summed E-state index contributed by atoms with van der Waals surface area (Å²) in [5, 5.41) is 2.32. The number of hydrazine groups is 1. The molecule has 2 heterocycles. The van der Waals surface area contributed by atoms with Crippen LogP contribution in [0.15, 0.2) is 52.9 Å². The number of hydrogen-bond acceptors (Lipinski definition) is 6. The minimum atomic E-state index is -0.0800. The lowest BCUT2D eigenvalue weighted by molar-refractivity contribution is -0.131. The van der Waals surface area contributed by atoms with Gasteiger partial charge in [0.05, 0.1) is 16.0 Å². The summed E-state index contributed by atoms with van der Waals surface area (Å²) in [4.78, 5) is 16.9. The lowest BCUT2D eigenvalue weighted by atomic mass is 10.2. The number of carbonyl (C=O) groups excluding carboxylic acids is 1. The highest BCUT2D eigenvalue weighted by molar-refractivity contribution is 8.01. The van der Waals surface area contributed by atoms with Gasteiger partial charge in [0.25, 0.3) is 0 Å². The molecule has 1 amide bonds. The number of nitrogens with one attached hydrogen (secondary N) is 1. The summed E-state index contributed by atoms with van der Waals surface area (Å²) in [6.45, 7) is 0.688. The summed E-state index contributed by atoms with van der Waals surface area (Å²) in [6.07, 6.45) is 0. The zero-order valence-corrected chi connectivity index (χ0v) is 16.9. The van der Waals surface area contributed by atoms with Crippen LogP contribution in [-0.2, 0) is 4.79 Å². The van der Waals surface area contributed by atoms with Crippen molar-refractivity contribution in [2.24, 2.45) is 0 Å². The number of hydrogen-bond donors (Lipinski definition) is 1. The third kappa shape index (κ3) is 3.87. The Hall–Kier alpha value is -1.25. The molecule has 1 aliphatic heterocycles. The third-order valence-electron chi connectivity index (χ3n) is 3.92. The average Bonchev–Trinajstić information content (AvgIpc) is 3.22. The number of fused-ring (bicyclic) bond motifs is 1. The van der Waals surface area contributed by atoms with Gasteiger partial charge in [-0.2, -0.15) is 0 Å². The Morgan fingerprint density at radius 1 is 1.23 bits per heavy atom. The number of thioether (sulfide) groups is 2. The molecule has 1 aliphatic rings. The molecule has 0 bridgehead atoms.